The summed E-state index contributed by atoms with van der Waals surface area (Å²) in [5, 5.41) is 9.37. The average molecular weight is 221 g/mol. The maximum Gasteiger partial charge on any atom is 0.115 e. The lowest BCUT2D eigenvalue weighted by molar-refractivity contribution is 0.0793. The van der Waals surface area contributed by atoms with Gasteiger partial charge in [0.05, 0.1) is 6.10 Å². The van der Waals surface area contributed by atoms with Crippen molar-refractivity contribution in [1.29, 1.82) is 0 Å². The van der Waals surface area contributed by atoms with Crippen LogP contribution in [0.3, 0.4) is 0 Å². The quantitative estimate of drug-likeness (QED) is 0.844. The van der Waals surface area contributed by atoms with E-state index < -0.39 is 0 Å². The number of phenolic OH excluding ortho intramolecular Hbond substituents is 1. The predicted octanol–water partition coefficient (Wildman–Crippen LogP) is 2.00. The van der Waals surface area contributed by atoms with E-state index >= 15 is 0 Å². The summed E-state index contributed by atoms with van der Waals surface area (Å²) in [7, 11) is 2.09. The van der Waals surface area contributed by atoms with E-state index in [9.17, 15) is 5.11 Å². The number of hydrogen-bond acceptors (Lipinski definition) is 3. The first-order valence-electron chi connectivity index (χ1n) is 5.82. The van der Waals surface area contributed by atoms with Crippen LogP contribution in [0.1, 0.15) is 18.4 Å². The lowest BCUT2D eigenvalue weighted by Crippen LogP contribution is -2.28. The molecule has 1 aromatic rings. The molecule has 0 radical (unpaired) electrons. The summed E-state index contributed by atoms with van der Waals surface area (Å²) in [5.41, 5.74) is 1.14. The third-order valence-corrected chi connectivity index (χ3v) is 2.90. The Morgan fingerprint density at radius 2 is 2.38 bits per heavy atom. The summed E-state index contributed by atoms with van der Waals surface area (Å²) in [6.45, 7) is 2.73. The maximum atomic E-state index is 9.37. The standard InChI is InChI=1S/C13H19NO2/c1-14(10-13-6-3-7-16-13)9-11-4-2-5-12(15)8-11/h2,4-5,8,13,15H,3,6-7,9-10H2,1H3. The van der Waals surface area contributed by atoms with Crippen LogP contribution >= 0.6 is 0 Å². The first-order valence-corrected chi connectivity index (χ1v) is 5.82. The number of aromatic hydroxyl groups is 1. The second-order valence-electron chi connectivity index (χ2n) is 4.50. The van der Waals surface area contributed by atoms with Crippen molar-refractivity contribution in [3.05, 3.63) is 29.8 Å². The SMILES string of the molecule is CN(Cc1cccc(O)c1)CC1CCCO1. The fourth-order valence-electron chi connectivity index (χ4n) is 2.17. The molecule has 1 heterocycles. The van der Waals surface area contributed by atoms with Crippen LogP contribution in [-0.4, -0.2) is 36.3 Å². The average Bonchev–Trinajstić information content (AvgIpc) is 2.70. The number of ether oxygens (including phenoxy) is 1. The summed E-state index contributed by atoms with van der Waals surface area (Å²) in [6.07, 6.45) is 2.75. The molecule has 88 valence electrons. The van der Waals surface area contributed by atoms with Gasteiger partial charge in [-0.05, 0) is 37.6 Å². The van der Waals surface area contributed by atoms with Crippen LogP contribution < -0.4 is 0 Å². The Balaban J connectivity index is 1.84. The predicted molar refractivity (Wildman–Crippen MR) is 63.4 cm³/mol. The first-order chi connectivity index (χ1) is 7.74. The highest BCUT2D eigenvalue weighted by Crippen LogP contribution is 2.15. The monoisotopic (exact) mass is 221 g/mol. The zero-order valence-corrected chi connectivity index (χ0v) is 9.72. The van der Waals surface area contributed by atoms with E-state index in [1.165, 1.54) is 12.8 Å². The zero-order valence-electron chi connectivity index (χ0n) is 9.72. The second-order valence-corrected chi connectivity index (χ2v) is 4.50. The van der Waals surface area contributed by atoms with Crippen LogP contribution in [0.25, 0.3) is 0 Å². The molecule has 1 aliphatic heterocycles. The molecule has 0 amide bonds. The van der Waals surface area contributed by atoms with Crippen LogP contribution in [0.2, 0.25) is 0 Å². The number of phenols is 1. The second kappa shape index (κ2) is 5.32. The molecule has 16 heavy (non-hydrogen) atoms. The van der Waals surface area contributed by atoms with Crippen LogP contribution in [0, 0.1) is 0 Å². The van der Waals surface area contributed by atoms with Crippen molar-refractivity contribution in [2.24, 2.45) is 0 Å². The molecular weight excluding hydrogens is 202 g/mol. The Labute approximate surface area is 96.6 Å². The van der Waals surface area contributed by atoms with Gasteiger partial charge in [0.25, 0.3) is 0 Å². The molecule has 0 spiro atoms. The van der Waals surface area contributed by atoms with Gasteiger partial charge in [-0.3, -0.25) is 4.90 Å². The van der Waals surface area contributed by atoms with Crippen LogP contribution in [0.15, 0.2) is 24.3 Å². The summed E-state index contributed by atoms with van der Waals surface area (Å²) in [5.74, 6) is 0.336. The zero-order chi connectivity index (χ0) is 11.4. The van der Waals surface area contributed by atoms with Gasteiger partial charge in [-0.2, -0.15) is 0 Å². The third kappa shape index (κ3) is 3.22. The Morgan fingerprint density at radius 1 is 1.50 bits per heavy atom. The van der Waals surface area contributed by atoms with E-state index in [2.05, 4.69) is 11.9 Å². The summed E-state index contributed by atoms with van der Waals surface area (Å²) in [4.78, 5) is 2.24. The van der Waals surface area contributed by atoms with Gasteiger partial charge < -0.3 is 9.84 Å². The largest absolute Gasteiger partial charge is 0.508 e. The Hall–Kier alpha value is -1.06. The molecule has 0 aromatic heterocycles. The molecule has 3 heteroatoms. The highest BCUT2D eigenvalue weighted by atomic mass is 16.5. The molecule has 1 fully saturated rings. The molecule has 1 aliphatic rings. The van der Waals surface area contributed by atoms with E-state index in [1.54, 1.807) is 6.07 Å². The molecule has 1 N–H and O–H groups in total. The van der Waals surface area contributed by atoms with Crippen molar-refractivity contribution in [3.8, 4) is 5.75 Å². The maximum absolute atomic E-state index is 9.37. The van der Waals surface area contributed by atoms with Gasteiger partial charge in [0.15, 0.2) is 0 Å². The van der Waals surface area contributed by atoms with Crippen LogP contribution in [0.5, 0.6) is 5.75 Å². The minimum absolute atomic E-state index is 0.336. The minimum atomic E-state index is 0.336. The van der Waals surface area contributed by atoms with Crippen molar-refractivity contribution in [2.45, 2.75) is 25.5 Å². The van der Waals surface area contributed by atoms with E-state index in [-0.39, 0.29) is 0 Å². The smallest absolute Gasteiger partial charge is 0.115 e. The number of hydrogen-bond donors (Lipinski definition) is 1. The van der Waals surface area contributed by atoms with Crippen molar-refractivity contribution in [2.75, 3.05) is 20.2 Å². The molecular formula is C13H19NO2. The summed E-state index contributed by atoms with van der Waals surface area (Å²) in [6, 6.07) is 7.42. The third-order valence-electron chi connectivity index (χ3n) is 2.90. The van der Waals surface area contributed by atoms with Gasteiger partial charge in [0.1, 0.15) is 5.75 Å². The molecule has 0 saturated carbocycles. The number of likely N-dealkylation sites (N-methyl/N-ethyl adjacent to an activating group) is 1. The topological polar surface area (TPSA) is 32.7 Å². The number of benzene rings is 1. The number of rotatable bonds is 4. The first kappa shape index (κ1) is 11.4. The van der Waals surface area contributed by atoms with Crippen LogP contribution in [-0.2, 0) is 11.3 Å². The van der Waals surface area contributed by atoms with Crippen LogP contribution in [0.4, 0.5) is 0 Å². The van der Waals surface area contributed by atoms with Crippen molar-refractivity contribution in [1.82, 2.24) is 4.90 Å². The fraction of sp³-hybridized carbons (Fsp3) is 0.538. The molecule has 0 aliphatic carbocycles. The fourth-order valence-corrected chi connectivity index (χ4v) is 2.17. The Bertz CT molecular complexity index is 334. The highest BCUT2D eigenvalue weighted by molar-refractivity contribution is 5.26. The van der Waals surface area contributed by atoms with Gasteiger partial charge in [0, 0.05) is 19.7 Å². The van der Waals surface area contributed by atoms with E-state index in [1.807, 2.05) is 18.2 Å². The van der Waals surface area contributed by atoms with Crippen molar-refractivity contribution >= 4 is 0 Å². The highest BCUT2D eigenvalue weighted by Gasteiger charge is 2.17. The van der Waals surface area contributed by atoms with E-state index in [0.717, 1.165) is 25.3 Å². The Morgan fingerprint density at radius 3 is 3.06 bits per heavy atom. The summed E-state index contributed by atoms with van der Waals surface area (Å²) >= 11 is 0. The molecule has 1 unspecified atom stereocenters. The molecule has 2 rings (SSSR count). The number of nitrogens with zero attached hydrogens (tertiary/aromatic N) is 1. The van der Waals surface area contributed by atoms with Gasteiger partial charge in [-0.1, -0.05) is 12.1 Å². The minimum Gasteiger partial charge on any atom is -0.508 e. The van der Waals surface area contributed by atoms with E-state index in [0.29, 0.717) is 11.9 Å². The van der Waals surface area contributed by atoms with Gasteiger partial charge in [-0.25, -0.2) is 0 Å². The molecule has 0 bridgehead atoms. The van der Waals surface area contributed by atoms with Gasteiger partial charge in [-0.15, -0.1) is 0 Å². The molecule has 1 aromatic carbocycles. The summed E-state index contributed by atoms with van der Waals surface area (Å²) < 4.78 is 5.59. The normalized spacial score (nSPS) is 20.5. The lowest BCUT2D eigenvalue weighted by Gasteiger charge is -2.20. The Kier molecular flexibility index (Phi) is 3.80. The van der Waals surface area contributed by atoms with Crippen molar-refractivity contribution < 1.29 is 9.84 Å². The van der Waals surface area contributed by atoms with Crippen molar-refractivity contribution in [3.63, 3.8) is 0 Å². The molecule has 1 saturated heterocycles. The molecule has 1 atom stereocenters. The van der Waals surface area contributed by atoms with Gasteiger partial charge >= 0.3 is 0 Å². The van der Waals surface area contributed by atoms with Gasteiger partial charge in [0.2, 0.25) is 0 Å². The van der Waals surface area contributed by atoms with E-state index in [4.69, 9.17) is 4.74 Å². The lowest BCUT2D eigenvalue weighted by atomic mass is 10.2. The molecule has 3 nitrogen and oxygen atoms in total.